The van der Waals surface area contributed by atoms with Crippen LogP contribution in [-0.2, 0) is 6.54 Å². The Labute approximate surface area is 140 Å². The molecule has 1 aromatic heterocycles. The molecule has 2 heterocycles. The van der Waals surface area contributed by atoms with E-state index in [0.29, 0.717) is 12.1 Å². The van der Waals surface area contributed by atoms with Gasteiger partial charge >= 0.3 is 0 Å². The van der Waals surface area contributed by atoms with E-state index < -0.39 is 0 Å². The number of benzene rings is 2. The summed E-state index contributed by atoms with van der Waals surface area (Å²) in [5, 5.41) is 13.5. The minimum atomic E-state index is -0.180. The van der Waals surface area contributed by atoms with Gasteiger partial charge in [0.1, 0.15) is 5.75 Å². The average molecular weight is 322 g/mol. The van der Waals surface area contributed by atoms with E-state index in [0.717, 1.165) is 47.6 Å². The lowest BCUT2D eigenvalue weighted by molar-refractivity contribution is 0.272. The van der Waals surface area contributed by atoms with E-state index in [4.69, 9.17) is 0 Å². The van der Waals surface area contributed by atoms with Gasteiger partial charge in [-0.2, -0.15) is 0 Å². The van der Waals surface area contributed by atoms with E-state index in [9.17, 15) is 9.90 Å². The number of aromatic amines is 1. The molecule has 2 aromatic carbocycles. The van der Waals surface area contributed by atoms with Crippen molar-refractivity contribution >= 4 is 21.7 Å². The molecule has 0 saturated carbocycles. The second kappa shape index (κ2) is 6.29. The Bertz CT molecular complexity index is 937. The molecule has 3 aromatic rings. The predicted molar refractivity (Wildman–Crippen MR) is 97.5 cm³/mol. The highest BCUT2D eigenvalue weighted by Crippen LogP contribution is 2.31. The zero-order chi connectivity index (χ0) is 16.5. The summed E-state index contributed by atoms with van der Waals surface area (Å²) in [6, 6.07) is 11.8. The fourth-order valence-corrected chi connectivity index (χ4v) is 3.73. The summed E-state index contributed by atoms with van der Waals surface area (Å²) in [4.78, 5) is 17.9. The number of aromatic nitrogens is 1. The largest absolute Gasteiger partial charge is 0.507 e. The third-order valence-electron chi connectivity index (χ3n) is 5.06. The van der Waals surface area contributed by atoms with E-state index in [1.54, 1.807) is 0 Å². The van der Waals surface area contributed by atoms with Crippen molar-refractivity contribution < 1.29 is 5.11 Å². The quantitative estimate of drug-likeness (QED) is 0.706. The molecule has 1 fully saturated rings. The van der Waals surface area contributed by atoms with Crippen LogP contribution in [0, 0.1) is 0 Å². The van der Waals surface area contributed by atoms with Crippen molar-refractivity contribution in [3.05, 3.63) is 52.3 Å². The Morgan fingerprint density at radius 2 is 1.71 bits per heavy atom. The van der Waals surface area contributed by atoms with Gasteiger partial charge in [-0.15, -0.1) is 0 Å². The maximum Gasteiger partial charge on any atom is 0.256 e. The van der Waals surface area contributed by atoms with Crippen molar-refractivity contribution in [1.29, 1.82) is 0 Å². The predicted octanol–water partition coefficient (Wildman–Crippen LogP) is 3.76. The van der Waals surface area contributed by atoms with Crippen LogP contribution in [-0.4, -0.2) is 28.1 Å². The van der Waals surface area contributed by atoms with Gasteiger partial charge in [-0.25, -0.2) is 0 Å². The van der Waals surface area contributed by atoms with E-state index in [2.05, 4.69) is 9.88 Å². The van der Waals surface area contributed by atoms with Crippen LogP contribution in [0.4, 0.5) is 0 Å². The van der Waals surface area contributed by atoms with E-state index in [1.165, 1.54) is 12.8 Å². The molecule has 0 amide bonds. The topological polar surface area (TPSA) is 56.3 Å². The molecule has 4 nitrogen and oxygen atoms in total. The van der Waals surface area contributed by atoms with Gasteiger partial charge in [0.15, 0.2) is 0 Å². The molecule has 0 bridgehead atoms. The zero-order valence-corrected chi connectivity index (χ0v) is 13.7. The highest BCUT2D eigenvalue weighted by atomic mass is 16.3. The number of H-pyrrole nitrogens is 1. The maximum absolute atomic E-state index is 12.6. The number of hydrogen-bond donors (Lipinski definition) is 2. The van der Waals surface area contributed by atoms with Gasteiger partial charge in [0, 0.05) is 17.3 Å². The Morgan fingerprint density at radius 3 is 2.50 bits per heavy atom. The first kappa shape index (κ1) is 15.2. The number of nitrogens with one attached hydrogen (secondary N) is 1. The summed E-state index contributed by atoms with van der Waals surface area (Å²) in [5.74, 6) is 0.128. The number of aromatic hydroxyl groups is 1. The second-order valence-electron chi connectivity index (χ2n) is 6.68. The average Bonchev–Trinajstić information content (AvgIpc) is 2.87. The van der Waals surface area contributed by atoms with E-state index in [1.807, 2.05) is 36.4 Å². The Kier molecular flexibility index (Phi) is 3.98. The first-order valence-electron chi connectivity index (χ1n) is 8.72. The van der Waals surface area contributed by atoms with Crippen LogP contribution >= 0.6 is 0 Å². The molecule has 1 aliphatic heterocycles. The van der Waals surface area contributed by atoms with Crippen molar-refractivity contribution in [2.75, 3.05) is 13.1 Å². The first-order valence-corrected chi connectivity index (χ1v) is 8.72. The molecular formula is C20H22N2O2. The maximum atomic E-state index is 12.6. The molecule has 1 saturated heterocycles. The molecule has 0 radical (unpaired) electrons. The molecule has 4 rings (SSSR count). The minimum Gasteiger partial charge on any atom is -0.507 e. The minimum absolute atomic E-state index is 0.128. The molecule has 0 aliphatic carbocycles. The molecule has 24 heavy (non-hydrogen) atoms. The normalized spacial score (nSPS) is 16.5. The highest BCUT2D eigenvalue weighted by Gasteiger charge is 2.17. The van der Waals surface area contributed by atoms with Crippen molar-refractivity contribution in [2.45, 2.75) is 32.2 Å². The Morgan fingerprint density at radius 1 is 0.958 bits per heavy atom. The van der Waals surface area contributed by atoms with Gasteiger partial charge < -0.3 is 10.1 Å². The van der Waals surface area contributed by atoms with Crippen LogP contribution in [0.1, 0.15) is 31.2 Å². The second-order valence-corrected chi connectivity index (χ2v) is 6.68. The van der Waals surface area contributed by atoms with Gasteiger partial charge in [0.2, 0.25) is 0 Å². The van der Waals surface area contributed by atoms with E-state index >= 15 is 0 Å². The van der Waals surface area contributed by atoms with Gasteiger partial charge in [-0.3, -0.25) is 9.69 Å². The summed E-state index contributed by atoms with van der Waals surface area (Å²) >= 11 is 0. The molecule has 0 atom stereocenters. The van der Waals surface area contributed by atoms with Crippen LogP contribution in [0.3, 0.4) is 0 Å². The molecule has 0 spiro atoms. The van der Waals surface area contributed by atoms with Crippen LogP contribution in [0.25, 0.3) is 21.7 Å². The van der Waals surface area contributed by atoms with Crippen LogP contribution in [0.15, 0.2) is 41.2 Å². The number of fused-ring (bicyclic) bond motifs is 3. The molecule has 2 N–H and O–H groups in total. The number of pyridine rings is 1. The van der Waals surface area contributed by atoms with Crippen LogP contribution < -0.4 is 5.56 Å². The molecule has 1 aliphatic rings. The Balaban J connectivity index is 1.82. The zero-order valence-electron chi connectivity index (χ0n) is 13.7. The third kappa shape index (κ3) is 2.67. The first-order chi connectivity index (χ1) is 11.7. The number of likely N-dealkylation sites (tertiary alicyclic amines) is 1. The molecule has 4 heteroatoms. The summed E-state index contributed by atoms with van der Waals surface area (Å²) < 4.78 is 0. The lowest BCUT2D eigenvalue weighted by Gasteiger charge is -2.20. The van der Waals surface area contributed by atoms with Crippen LogP contribution in [0.5, 0.6) is 5.75 Å². The molecule has 124 valence electrons. The summed E-state index contributed by atoms with van der Waals surface area (Å²) in [7, 11) is 0. The third-order valence-corrected chi connectivity index (χ3v) is 5.06. The fourth-order valence-electron chi connectivity index (χ4n) is 3.73. The van der Waals surface area contributed by atoms with Gasteiger partial charge in [-0.05, 0) is 37.4 Å². The van der Waals surface area contributed by atoms with Gasteiger partial charge in [0.25, 0.3) is 5.56 Å². The van der Waals surface area contributed by atoms with Crippen molar-refractivity contribution in [3.63, 3.8) is 0 Å². The fraction of sp³-hybridized carbons (Fsp3) is 0.350. The molecular weight excluding hydrogens is 300 g/mol. The van der Waals surface area contributed by atoms with Crippen molar-refractivity contribution in [3.8, 4) is 5.75 Å². The lowest BCUT2D eigenvalue weighted by Crippen LogP contribution is -2.28. The number of rotatable bonds is 2. The highest BCUT2D eigenvalue weighted by molar-refractivity contribution is 6.07. The van der Waals surface area contributed by atoms with Crippen LogP contribution in [0.2, 0.25) is 0 Å². The smallest absolute Gasteiger partial charge is 0.256 e. The molecule has 0 unspecified atom stereocenters. The standard InChI is InChI=1S/C20H22N2O2/c23-19-16-10-9-14-7-3-4-8-15(14)18(16)21-20(24)17(19)13-22-11-5-1-2-6-12-22/h3-4,7-10H,1-2,5-6,11-13H2,(H2,21,23,24). The monoisotopic (exact) mass is 322 g/mol. The van der Waals surface area contributed by atoms with Crippen molar-refractivity contribution in [1.82, 2.24) is 9.88 Å². The van der Waals surface area contributed by atoms with Gasteiger partial charge in [-0.1, -0.05) is 43.2 Å². The summed E-state index contributed by atoms with van der Waals surface area (Å²) in [6.07, 6.45) is 4.83. The SMILES string of the molecule is O=c1[nH]c2c(ccc3ccccc32)c(O)c1CN1CCCCCC1. The lowest BCUT2D eigenvalue weighted by atomic mass is 10.0. The summed E-state index contributed by atoms with van der Waals surface area (Å²) in [5.41, 5.74) is 1.02. The summed E-state index contributed by atoms with van der Waals surface area (Å²) in [6.45, 7) is 2.51. The van der Waals surface area contributed by atoms with E-state index in [-0.39, 0.29) is 11.3 Å². The van der Waals surface area contributed by atoms with Gasteiger partial charge in [0.05, 0.1) is 11.1 Å². The number of nitrogens with zero attached hydrogens (tertiary/aromatic N) is 1. The van der Waals surface area contributed by atoms with Crippen molar-refractivity contribution in [2.24, 2.45) is 0 Å². The Hall–Kier alpha value is -2.33. The number of hydrogen-bond acceptors (Lipinski definition) is 3.